The van der Waals surface area contributed by atoms with E-state index < -0.39 is 5.82 Å². The van der Waals surface area contributed by atoms with E-state index in [0.717, 1.165) is 26.2 Å². The topological polar surface area (TPSA) is 61.6 Å². The zero-order valence-electron chi connectivity index (χ0n) is 12.0. The van der Waals surface area contributed by atoms with Crippen LogP contribution in [0.4, 0.5) is 4.39 Å². The Labute approximate surface area is 123 Å². The van der Waals surface area contributed by atoms with E-state index in [2.05, 4.69) is 22.2 Å². The van der Waals surface area contributed by atoms with Gasteiger partial charge < -0.3 is 10.6 Å². The van der Waals surface area contributed by atoms with Crippen molar-refractivity contribution in [3.8, 4) is 11.8 Å². The number of piperazine rings is 1. The van der Waals surface area contributed by atoms with E-state index >= 15 is 0 Å². The molecule has 1 saturated heterocycles. The average molecular weight is 290 g/mol. The second kappa shape index (κ2) is 7.18. The highest BCUT2D eigenvalue weighted by Crippen LogP contribution is 2.11. The fourth-order valence-electron chi connectivity index (χ4n) is 2.09. The van der Waals surface area contributed by atoms with Gasteiger partial charge in [-0.15, -0.1) is 0 Å². The van der Waals surface area contributed by atoms with Crippen LogP contribution in [-0.4, -0.2) is 55.6 Å². The molecule has 0 spiro atoms. The number of carbonyl (C=O) groups is 1. The van der Waals surface area contributed by atoms with Gasteiger partial charge in [0.15, 0.2) is 0 Å². The summed E-state index contributed by atoms with van der Waals surface area (Å²) in [7, 11) is 2.04. The molecular formula is C15H19FN4O. The Balaban J connectivity index is 2.11. The third-order valence-corrected chi connectivity index (χ3v) is 3.31. The van der Waals surface area contributed by atoms with Gasteiger partial charge in [-0.05, 0) is 25.2 Å². The molecule has 2 rings (SSSR count). The predicted octanol–water partition coefficient (Wildman–Crippen LogP) is 0.0281. The molecule has 5 nitrogen and oxygen atoms in total. The van der Waals surface area contributed by atoms with E-state index in [4.69, 9.17) is 5.73 Å². The fraction of sp³-hybridized carbons (Fsp3) is 0.400. The van der Waals surface area contributed by atoms with Gasteiger partial charge in [0.2, 0.25) is 0 Å². The number of rotatable bonds is 2. The number of halogens is 1. The first kappa shape index (κ1) is 15.4. The highest BCUT2D eigenvalue weighted by molar-refractivity contribution is 5.96. The van der Waals surface area contributed by atoms with Gasteiger partial charge in [-0.1, -0.05) is 11.8 Å². The molecule has 3 N–H and O–H groups in total. The molecule has 1 aliphatic heterocycles. The summed E-state index contributed by atoms with van der Waals surface area (Å²) in [5.41, 5.74) is 8.87. The Morgan fingerprint density at radius 3 is 2.76 bits per heavy atom. The first-order valence-electron chi connectivity index (χ1n) is 6.83. The Bertz CT molecular complexity index is 571. The highest BCUT2D eigenvalue weighted by Gasteiger charge is 2.18. The van der Waals surface area contributed by atoms with E-state index in [1.165, 1.54) is 18.2 Å². The Morgan fingerprint density at radius 2 is 2.10 bits per heavy atom. The van der Waals surface area contributed by atoms with Crippen molar-refractivity contribution in [2.75, 3.05) is 39.8 Å². The molecule has 1 heterocycles. The molecule has 0 unspecified atom stereocenters. The Hall–Kier alpha value is -1.94. The van der Waals surface area contributed by atoms with E-state index in [0.29, 0.717) is 11.1 Å². The molecular weight excluding hydrogens is 271 g/mol. The van der Waals surface area contributed by atoms with E-state index in [9.17, 15) is 9.18 Å². The smallest absolute Gasteiger partial charge is 0.266 e. The summed E-state index contributed by atoms with van der Waals surface area (Å²) in [6, 6.07) is 3.95. The number of nitrogens with zero attached hydrogens (tertiary/aromatic N) is 2. The van der Waals surface area contributed by atoms with Crippen LogP contribution in [0.2, 0.25) is 0 Å². The van der Waals surface area contributed by atoms with Crippen molar-refractivity contribution >= 4 is 5.91 Å². The minimum atomic E-state index is -0.424. The number of hydrazine groups is 1. The molecule has 1 aromatic carbocycles. The van der Waals surface area contributed by atoms with Gasteiger partial charge in [-0.25, -0.2) is 9.40 Å². The minimum absolute atomic E-state index is 0.163. The van der Waals surface area contributed by atoms with Crippen molar-refractivity contribution in [1.82, 2.24) is 15.3 Å². The summed E-state index contributed by atoms with van der Waals surface area (Å²) in [5, 5.41) is 1.87. The number of likely N-dealkylation sites (N-methyl/N-ethyl adjacent to an activating group) is 1. The van der Waals surface area contributed by atoms with Crippen molar-refractivity contribution in [3.05, 3.63) is 35.1 Å². The molecule has 0 bridgehead atoms. The molecule has 1 amide bonds. The van der Waals surface area contributed by atoms with E-state index in [-0.39, 0.29) is 12.5 Å². The van der Waals surface area contributed by atoms with Gasteiger partial charge >= 0.3 is 0 Å². The van der Waals surface area contributed by atoms with Crippen LogP contribution >= 0.6 is 0 Å². The molecule has 1 aromatic rings. The van der Waals surface area contributed by atoms with Crippen LogP contribution in [0.1, 0.15) is 15.9 Å². The van der Waals surface area contributed by atoms with Crippen LogP contribution in [0.25, 0.3) is 0 Å². The van der Waals surface area contributed by atoms with Gasteiger partial charge in [0.1, 0.15) is 5.82 Å². The van der Waals surface area contributed by atoms with Crippen molar-refractivity contribution in [2.24, 2.45) is 5.73 Å². The average Bonchev–Trinajstić information content (AvgIpc) is 2.47. The molecule has 0 aliphatic carbocycles. The van der Waals surface area contributed by atoms with Gasteiger partial charge in [0.05, 0.1) is 12.1 Å². The largest absolute Gasteiger partial charge is 0.320 e. The number of amides is 1. The lowest BCUT2D eigenvalue weighted by Crippen LogP contribution is -2.52. The van der Waals surface area contributed by atoms with Crippen molar-refractivity contribution in [3.63, 3.8) is 0 Å². The number of benzene rings is 1. The number of nitrogens with one attached hydrogen (secondary N) is 1. The second-order valence-electron chi connectivity index (χ2n) is 4.93. The minimum Gasteiger partial charge on any atom is -0.320 e. The molecule has 0 aromatic heterocycles. The summed E-state index contributed by atoms with van der Waals surface area (Å²) in [4.78, 5) is 14.5. The highest BCUT2D eigenvalue weighted by atomic mass is 19.1. The fourth-order valence-corrected chi connectivity index (χ4v) is 2.09. The number of carbonyl (C=O) groups excluding carboxylic acids is 1. The first-order chi connectivity index (χ1) is 10.1. The molecule has 0 radical (unpaired) electrons. The van der Waals surface area contributed by atoms with Crippen molar-refractivity contribution in [1.29, 1.82) is 0 Å². The maximum atomic E-state index is 13.3. The van der Waals surface area contributed by atoms with Crippen LogP contribution in [0, 0.1) is 17.7 Å². The third-order valence-electron chi connectivity index (χ3n) is 3.31. The molecule has 6 heteroatoms. The van der Waals surface area contributed by atoms with Crippen molar-refractivity contribution < 1.29 is 9.18 Å². The van der Waals surface area contributed by atoms with Gasteiger partial charge in [0, 0.05) is 31.7 Å². The third kappa shape index (κ3) is 4.26. The normalized spacial score (nSPS) is 16.1. The summed E-state index contributed by atoms with van der Waals surface area (Å²) in [5.74, 6) is 4.68. The van der Waals surface area contributed by atoms with Crippen LogP contribution in [0.15, 0.2) is 18.2 Å². The summed E-state index contributed by atoms with van der Waals surface area (Å²) in [6.07, 6.45) is 0. The second-order valence-corrected chi connectivity index (χ2v) is 4.93. The lowest BCUT2D eigenvalue weighted by atomic mass is 10.1. The summed E-state index contributed by atoms with van der Waals surface area (Å²) in [6.45, 7) is 3.46. The zero-order valence-corrected chi connectivity index (χ0v) is 12.0. The zero-order chi connectivity index (χ0) is 15.2. The number of hydrogen-bond acceptors (Lipinski definition) is 4. The first-order valence-corrected chi connectivity index (χ1v) is 6.83. The predicted molar refractivity (Wildman–Crippen MR) is 78.9 cm³/mol. The lowest BCUT2D eigenvalue weighted by molar-refractivity contribution is 0.0662. The van der Waals surface area contributed by atoms with Crippen LogP contribution in [0.5, 0.6) is 0 Å². The number of hydrogen-bond donors (Lipinski definition) is 2. The Morgan fingerprint density at radius 1 is 1.38 bits per heavy atom. The monoisotopic (exact) mass is 290 g/mol. The maximum absolute atomic E-state index is 13.3. The van der Waals surface area contributed by atoms with E-state index in [1.54, 1.807) is 0 Å². The SMILES string of the molecule is CN1CCN(NC(=O)c2ccc(F)cc2C#CCN)CC1. The van der Waals surface area contributed by atoms with Crippen LogP contribution in [0.3, 0.4) is 0 Å². The summed E-state index contributed by atoms with van der Waals surface area (Å²) >= 11 is 0. The molecule has 0 atom stereocenters. The molecule has 1 fully saturated rings. The molecule has 112 valence electrons. The van der Waals surface area contributed by atoms with Gasteiger partial charge in [0.25, 0.3) is 5.91 Å². The standard InChI is InChI=1S/C15H19FN4O/c1-19-7-9-20(10-8-19)18-15(21)14-5-4-13(16)11-12(14)3-2-6-17/h4-5,11H,6-10,17H2,1H3,(H,18,21). The van der Waals surface area contributed by atoms with Crippen LogP contribution < -0.4 is 11.2 Å². The maximum Gasteiger partial charge on any atom is 0.266 e. The van der Waals surface area contributed by atoms with Crippen LogP contribution in [-0.2, 0) is 0 Å². The Kier molecular flexibility index (Phi) is 5.28. The molecule has 0 saturated carbocycles. The van der Waals surface area contributed by atoms with Crippen molar-refractivity contribution in [2.45, 2.75) is 0 Å². The molecule has 21 heavy (non-hydrogen) atoms. The summed E-state index contributed by atoms with van der Waals surface area (Å²) < 4.78 is 13.3. The molecule has 1 aliphatic rings. The van der Waals surface area contributed by atoms with Gasteiger partial charge in [-0.2, -0.15) is 0 Å². The lowest BCUT2D eigenvalue weighted by Gasteiger charge is -2.32. The number of nitrogens with two attached hydrogens (primary N) is 1. The van der Waals surface area contributed by atoms with E-state index in [1.807, 2.05) is 12.1 Å². The quantitative estimate of drug-likeness (QED) is 0.754. The van der Waals surface area contributed by atoms with Gasteiger partial charge in [-0.3, -0.25) is 10.2 Å².